The second kappa shape index (κ2) is 1.70. The highest BCUT2D eigenvalue weighted by molar-refractivity contribution is 5.34. The third-order valence-electron chi connectivity index (χ3n) is 1.20. The highest BCUT2D eigenvalue weighted by Crippen LogP contribution is 1.94. The van der Waals surface area contributed by atoms with Gasteiger partial charge in [0.25, 0.3) is 5.55 Å². The van der Waals surface area contributed by atoms with Crippen LogP contribution in [0.5, 0.6) is 0 Å². The SMILES string of the molecule is N=c1cnc2cccn2o1. The van der Waals surface area contributed by atoms with E-state index in [0.29, 0.717) is 0 Å². The van der Waals surface area contributed by atoms with Crippen molar-refractivity contribution in [3.05, 3.63) is 30.1 Å². The third kappa shape index (κ3) is 0.621. The summed E-state index contributed by atoms with van der Waals surface area (Å²) in [6.07, 6.45) is 3.08. The Hall–Kier alpha value is -1.58. The van der Waals surface area contributed by atoms with Crippen LogP contribution in [0.4, 0.5) is 0 Å². The van der Waals surface area contributed by atoms with Crippen LogP contribution in [-0.2, 0) is 0 Å². The van der Waals surface area contributed by atoms with Crippen LogP contribution in [0.1, 0.15) is 0 Å². The van der Waals surface area contributed by atoms with Crippen molar-refractivity contribution in [3.8, 4) is 0 Å². The van der Waals surface area contributed by atoms with Gasteiger partial charge in [0.05, 0.1) is 6.20 Å². The summed E-state index contributed by atoms with van der Waals surface area (Å²) in [5.74, 6) is 0. The van der Waals surface area contributed by atoms with Crippen molar-refractivity contribution in [2.24, 2.45) is 0 Å². The average Bonchev–Trinajstić information content (AvgIpc) is 2.33. The molecule has 10 heavy (non-hydrogen) atoms. The molecule has 4 nitrogen and oxygen atoms in total. The zero-order valence-electron chi connectivity index (χ0n) is 5.11. The summed E-state index contributed by atoms with van der Waals surface area (Å²) in [6.45, 7) is 0. The topological polar surface area (TPSA) is 54.3 Å². The van der Waals surface area contributed by atoms with Crippen LogP contribution in [0, 0.1) is 5.41 Å². The van der Waals surface area contributed by atoms with E-state index >= 15 is 0 Å². The number of aromatic nitrogens is 2. The van der Waals surface area contributed by atoms with E-state index in [2.05, 4.69) is 4.98 Å². The van der Waals surface area contributed by atoms with Crippen molar-refractivity contribution in [1.82, 2.24) is 9.56 Å². The zero-order valence-corrected chi connectivity index (χ0v) is 5.11. The number of hydrogen-bond acceptors (Lipinski definition) is 3. The van der Waals surface area contributed by atoms with Crippen LogP contribution in [0.15, 0.2) is 29.0 Å². The quantitative estimate of drug-likeness (QED) is 0.568. The van der Waals surface area contributed by atoms with Crippen molar-refractivity contribution in [1.29, 1.82) is 5.41 Å². The Labute approximate surface area is 56.2 Å². The molecular weight excluding hydrogens is 130 g/mol. The van der Waals surface area contributed by atoms with Gasteiger partial charge in [-0.2, -0.15) is 4.57 Å². The molecule has 1 N–H and O–H groups in total. The van der Waals surface area contributed by atoms with Crippen molar-refractivity contribution >= 4 is 5.65 Å². The summed E-state index contributed by atoms with van der Waals surface area (Å²) in [5.41, 5.74) is 0.778. The van der Waals surface area contributed by atoms with E-state index in [9.17, 15) is 0 Å². The van der Waals surface area contributed by atoms with Gasteiger partial charge in [0.2, 0.25) is 0 Å². The summed E-state index contributed by atoms with van der Waals surface area (Å²) in [6, 6.07) is 3.62. The Morgan fingerprint density at radius 3 is 3.40 bits per heavy atom. The molecule has 4 heteroatoms. The molecule has 0 spiro atoms. The van der Waals surface area contributed by atoms with Gasteiger partial charge in [-0.15, -0.1) is 0 Å². The molecule has 0 radical (unpaired) electrons. The van der Waals surface area contributed by atoms with Crippen LogP contribution < -0.4 is 5.55 Å². The van der Waals surface area contributed by atoms with Gasteiger partial charge in [0.1, 0.15) is 0 Å². The highest BCUT2D eigenvalue weighted by atomic mass is 16.5. The number of fused-ring (bicyclic) bond motifs is 1. The molecule has 0 saturated heterocycles. The standard InChI is InChI=1S/C6H5N3O/c7-5-4-8-6-2-1-3-9(6)10-5/h1-4,7H. The summed E-state index contributed by atoms with van der Waals surface area (Å²) in [7, 11) is 0. The van der Waals surface area contributed by atoms with Crippen molar-refractivity contribution < 1.29 is 4.52 Å². The zero-order chi connectivity index (χ0) is 6.97. The fourth-order valence-electron chi connectivity index (χ4n) is 0.789. The molecule has 50 valence electrons. The predicted octanol–water partition coefficient (Wildman–Crippen LogP) is 0.407. The Kier molecular flexibility index (Phi) is 0.887. The van der Waals surface area contributed by atoms with Gasteiger partial charge in [-0.25, -0.2) is 4.98 Å². The lowest BCUT2D eigenvalue weighted by molar-refractivity contribution is 0.315. The molecule has 0 aliphatic carbocycles. The molecule has 0 atom stereocenters. The normalized spacial score (nSPS) is 10.4. The van der Waals surface area contributed by atoms with Gasteiger partial charge in [0, 0.05) is 6.20 Å². The molecule has 0 unspecified atom stereocenters. The first-order chi connectivity index (χ1) is 4.86. The molecule has 0 aliphatic rings. The average molecular weight is 135 g/mol. The maximum Gasteiger partial charge on any atom is 0.257 e. The first kappa shape index (κ1) is 5.22. The molecule has 2 aromatic heterocycles. The smallest absolute Gasteiger partial charge is 0.257 e. The van der Waals surface area contributed by atoms with E-state index in [1.54, 1.807) is 6.20 Å². The lowest BCUT2D eigenvalue weighted by Gasteiger charge is -1.88. The predicted molar refractivity (Wildman–Crippen MR) is 33.3 cm³/mol. The first-order valence-corrected chi connectivity index (χ1v) is 2.84. The lowest BCUT2D eigenvalue weighted by atomic mass is 10.6. The Balaban J connectivity index is 2.99. The van der Waals surface area contributed by atoms with Crippen LogP contribution in [0.3, 0.4) is 0 Å². The van der Waals surface area contributed by atoms with Gasteiger partial charge in [-0.3, -0.25) is 5.41 Å². The number of rotatable bonds is 0. The first-order valence-electron chi connectivity index (χ1n) is 2.84. The fraction of sp³-hybridized carbons (Fsp3) is 0. The Morgan fingerprint density at radius 2 is 2.50 bits per heavy atom. The highest BCUT2D eigenvalue weighted by Gasteiger charge is 1.90. The van der Waals surface area contributed by atoms with Gasteiger partial charge >= 0.3 is 0 Å². The molecule has 0 fully saturated rings. The summed E-state index contributed by atoms with van der Waals surface area (Å²) < 4.78 is 6.37. The van der Waals surface area contributed by atoms with Crippen molar-refractivity contribution in [2.75, 3.05) is 0 Å². The minimum atomic E-state index is 0.0590. The van der Waals surface area contributed by atoms with E-state index in [0.717, 1.165) is 5.65 Å². The molecule has 0 aromatic carbocycles. The summed E-state index contributed by atoms with van der Waals surface area (Å²) in [5, 5.41) is 7.07. The molecule has 2 heterocycles. The minimum Gasteiger partial charge on any atom is -0.352 e. The van der Waals surface area contributed by atoms with E-state index < -0.39 is 0 Å². The van der Waals surface area contributed by atoms with E-state index in [-0.39, 0.29) is 5.55 Å². The van der Waals surface area contributed by atoms with Gasteiger partial charge in [-0.05, 0) is 12.1 Å². The third-order valence-corrected chi connectivity index (χ3v) is 1.20. The molecule has 2 rings (SSSR count). The summed E-state index contributed by atoms with van der Waals surface area (Å²) >= 11 is 0. The van der Waals surface area contributed by atoms with Crippen molar-refractivity contribution in [2.45, 2.75) is 0 Å². The van der Waals surface area contributed by atoms with Crippen LogP contribution in [-0.4, -0.2) is 9.56 Å². The van der Waals surface area contributed by atoms with Crippen LogP contribution in [0.2, 0.25) is 0 Å². The Bertz CT molecular complexity index is 400. The minimum absolute atomic E-state index is 0.0590. The molecule has 0 bridgehead atoms. The van der Waals surface area contributed by atoms with E-state index in [1.165, 1.54) is 10.8 Å². The van der Waals surface area contributed by atoms with Gasteiger partial charge < -0.3 is 4.52 Å². The Morgan fingerprint density at radius 1 is 1.60 bits per heavy atom. The maximum atomic E-state index is 7.07. The van der Waals surface area contributed by atoms with Gasteiger partial charge in [-0.1, -0.05) is 0 Å². The number of nitrogens with one attached hydrogen (secondary N) is 1. The number of hydrogen-bond donors (Lipinski definition) is 1. The molecule has 2 aromatic rings. The van der Waals surface area contributed by atoms with E-state index in [4.69, 9.17) is 9.93 Å². The van der Waals surface area contributed by atoms with Gasteiger partial charge in [0.15, 0.2) is 5.65 Å². The molecule has 0 aliphatic heterocycles. The lowest BCUT2D eigenvalue weighted by Crippen LogP contribution is -2.01. The van der Waals surface area contributed by atoms with Crippen LogP contribution in [0.25, 0.3) is 5.65 Å². The monoisotopic (exact) mass is 135 g/mol. The number of nitrogens with zero attached hydrogens (tertiary/aromatic N) is 2. The fourth-order valence-corrected chi connectivity index (χ4v) is 0.789. The summed E-state index contributed by atoms with van der Waals surface area (Å²) in [4.78, 5) is 3.92. The van der Waals surface area contributed by atoms with Crippen LogP contribution >= 0.6 is 0 Å². The molecular formula is C6H5N3O. The maximum absolute atomic E-state index is 7.07. The second-order valence-electron chi connectivity index (χ2n) is 1.91. The van der Waals surface area contributed by atoms with Crippen molar-refractivity contribution in [3.63, 3.8) is 0 Å². The largest absolute Gasteiger partial charge is 0.352 e. The second-order valence-corrected chi connectivity index (χ2v) is 1.91. The van der Waals surface area contributed by atoms with E-state index in [1.807, 2.05) is 12.1 Å². The molecule has 0 amide bonds. The molecule has 0 saturated carbocycles.